The number of halogens is 1. The van der Waals surface area contributed by atoms with Crippen LogP contribution in [0.1, 0.15) is 30.5 Å². The third-order valence-corrected chi connectivity index (χ3v) is 7.12. The number of carbonyl (C=O) groups excluding carboxylic acids is 2. The van der Waals surface area contributed by atoms with E-state index in [-0.39, 0.29) is 24.6 Å². The van der Waals surface area contributed by atoms with Gasteiger partial charge in [0.2, 0.25) is 11.8 Å². The number of amides is 2. The fourth-order valence-electron chi connectivity index (χ4n) is 5.26. The van der Waals surface area contributed by atoms with Crippen LogP contribution in [-0.2, 0) is 29.5 Å². The maximum Gasteiger partial charge on any atom is 0.238 e. The van der Waals surface area contributed by atoms with Crippen molar-refractivity contribution in [2.75, 3.05) is 23.8 Å². The summed E-state index contributed by atoms with van der Waals surface area (Å²) in [5, 5.41) is 16.1. The van der Waals surface area contributed by atoms with Gasteiger partial charge in [-0.1, -0.05) is 6.07 Å². The van der Waals surface area contributed by atoms with Crippen LogP contribution in [0.25, 0.3) is 11.1 Å². The molecule has 38 heavy (non-hydrogen) atoms. The number of hydrogen-bond donors (Lipinski definition) is 1. The van der Waals surface area contributed by atoms with Crippen molar-refractivity contribution >= 4 is 29.5 Å². The van der Waals surface area contributed by atoms with Gasteiger partial charge in [0.25, 0.3) is 0 Å². The van der Waals surface area contributed by atoms with E-state index < -0.39 is 17.1 Å². The molecule has 1 saturated carbocycles. The van der Waals surface area contributed by atoms with Crippen molar-refractivity contribution in [1.29, 1.82) is 5.26 Å². The average Bonchev–Trinajstić information content (AvgIpc) is 3.55. The minimum absolute atomic E-state index is 0.0142. The number of aliphatic imine (C=N–C) groups is 1. The summed E-state index contributed by atoms with van der Waals surface area (Å²) >= 11 is 0. The van der Waals surface area contributed by atoms with Gasteiger partial charge in [-0.05, 0) is 54.5 Å². The number of nitrogens with zero attached hydrogens (tertiary/aromatic N) is 6. The van der Waals surface area contributed by atoms with E-state index in [0.29, 0.717) is 41.4 Å². The zero-order valence-corrected chi connectivity index (χ0v) is 21.3. The van der Waals surface area contributed by atoms with E-state index in [9.17, 15) is 19.2 Å². The van der Waals surface area contributed by atoms with Gasteiger partial charge in [0.15, 0.2) is 0 Å². The number of rotatable bonds is 8. The minimum Gasteiger partial charge on any atom is -0.311 e. The Hall–Kier alpha value is -4.39. The normalized spacial score (nSPS) is 19.2. The SMILES string of the molecule is CN=C[C@@]1(C2CC2)CCN(c2cc(CC#N)nc(NC(=O)Cc3cc(F)cc(-c4cnn(C)c4)c3)c2)C1=O. The first kappa shape index (κ1) is 25.3. The highest BCUT2D eigenvalue weighted by Crippen LogP contribution is 2.51. The molecule has 1 aromatic carbocycles. The Balaban J connectivity index is 1.37. The summed E-state index contributed by atoms with van der Waals surface area (Å²) in [5.74, 6) is -0.320. The number of aromatic nitrogens is 3. The molecule has 9 nitrogen and oxygen atoms in total. The summed E-state index contributed by atoms with van der Waals surface area (Å²) in [6.07, 6.45) is 7.82. The molecule has 1 N–H and O–H groups in total. The molecule has 2 aromatic heterocycles. The third kappa shape index (κ3) is 5.05. The monoisotopic (exact) mass is 513 g/mol. The number of benzene rings is 1. The molecule has 5 rings (SSSR count). The fourth-order valence-corrected chi connectivity index (χ4v) is 5.26. The smallest absolute Gasteiger partial charge is 0.238 e. The molecule has 1 aliphatic heterocycles. The van der Waals surface area contributed by atoms with E-state index in [1.807, 2.05) is 0 Å². The Morgan fingerprint density at radius 2 is 2.11 bits per heavy atom. The highest BCUT2D eigenvalue weighted by atomic mass is 19.1. The van der Waals surface area contributed by atoms with Crippen LogP contribution >= 0.6 is 0 Å². The van der Waals surface area contributed by atoms with E-state index in [1.165, 1.54) is 12.1 Å². The summed E-state index contributed by atoms with van der Waals surface area (Å²) in [5.41, 5.74) is 2.31. The van der Waals surface area contributed by atoms with Crippen LogP contribution in [-0.4, -0.2) is 46.4 Å². The topological polar surface area (TPSA) is 116 Å². The standard InChI is InChI=1S/C28H28FN7O2/c1-31-17-28(21-3-4-21)6-8-36(27(28)38)24-13-23(5-7-30)33-25(14-24)34-26(37)11-18-9-19(12-22(29)10-18)20-15-32-35(2)16-20/h9-10,12-17,21H,3-6,8,11H2,1-2H3,(H,33,34,37)/t28-/m1/s1. The lowest BCUT2D eigenvalue weighted by Gasteiger charge is -2.24. The maximum absolute atomic E-state index is 14.3. The van der Waals surface area contributed by atoms with Crippen molar-refractivity contribution < 1.29 is 14.0 Å². The largest absolute Gasteiger partial charge is 0.311 e. The molecule has 2 amide bonds. The number of nitriles is 1. The number of aryl methyl sites for hydroxylation is 1. The molecule has 2 aliphatic rings. The molecule has 1 aliphatic carbocycles. The van der Waals surface area contributed by atoms with E-state index in [2.05, 4.69) is 26.5 Å². The molecule has 3 aromatic rings. The predicted octanol–water partition coefficient (Wildman–Crippen LogP) is 3.70. The van der Waals surface area contributed by atoms with Gasteiger partial charge < -0.3 is 10.2 Å². The van der Waals surface area contributed by atoms with Gasteiger partial charge in [-0.25, -0.2) is 9.37 Å². The first-order valence-electron chi connectivity index (χ1n) is 12.5. The third-order valence-electron chi connectivity index (χ3n) is 7.12. The average molecular weight is 514 g/mol. The highest BCUT2D eigenvalue weighted by molar-refractivity contribution is 6.10. The molecule has 0 spiro atoms. The van der Waals surface area contributed by atoms with Crippen LogP contribution in [0, 0.1) is 28.5 Å². The van der Waals surface area contributed by atoms with Crippen LogP contribution in [0.4, 0.5) is 15.9 Å². The molecule has 2 fully saturated rings. The van der Waals surface area contributed by atoms with Crippen molar-refractivity contribution in [3.63, 3.8) is 0 Å². The minimum atomic E-state index is -0.597. The molecule has 194 valence electrons. The fraction of sp³-hybridized carbons (Fsp3) is 0.357. The second-order valence-electron chi connectivity index (χ2n) is 9.92. The molecule has 3 heterocycles. The number of hydrogen-bond acceptors (Lipinski definition) is 6. The van der Waals surface area contributed by atoms with Crippen molar-refractivity contribution in [3.05, 3.63) is 59.8 Å². The molecule has 0 bridgehead atoms. The number of anilines is 2. The van der Waals surface area contributed by atoms with Gasteiger partial charge in [-0.3, -0.25) is 19.3 Å². The van der Waals surface area contributed by atoms with Crippen LogP contribution < -0.4 is 10.2 Å². The first-order chi connectivity index (χ1) is 18.3. The van der Waals surface area contributed by atoms with E-state index in [0.717, 1.165) is 18.4 Å². The summed E-state index contributed by atoms with van der Waals surface area (Å²) < 4.78 is 16.0. The van der Waals surface area contributed by atoms with E-state index >= 15 is 0 Å². The van der Waals surface area contributed by atoms with Crippen molar-refractivity contribution in [2.24, 2.45) is 23.4 Å². The Labute approximate surface area is 220 Å². The van der Waals surface area contributed by atoms with E-state index in [4.69, 9.17) is 0 Å². The lowest BCUT2D eigenvalue weighted by molar-refractivity contribution is -0.123. The first-order valence-corrected chi connectivity index (χ1v) is 12.5. The molecular weight excluding hydrogens is 485 g/mol. The lowest BCUT2D eigenvalue weighted by atomic mass is 9.82. The number of nitrogens with one attached hydrogen (secondary N) is 1. The van der Waals surface area contributed by atoms with Crippen molar-refractivity contribution in [1.82, 2.24) is 14.8 Å². The Morgan fingerprint density at radius 1 is 1.29 bits per heavy atom. The molecule has 0 radical (unpaired) electrons. The van der Waals surface area contributed by atoms with Crippen molar-refractivity contribution in [3.8, 4) is 17.2 Å². The van der Waals surface area contributed by atoms with Gasteiger partial charge in [0.05, 0.1) is 36.2 Å². The summed E-state index contributed by atoms with van der Waals surface area (Å²) in [4.78, 5) is 36.8. The summed E-state index contributed by atoms with van der Waals surface area (Å²) in [6, 6.07) is 9.91. The Morgan fingerprint density at radius 3 is 2.79 bits per heavy atom. The molecule has 1 saturated heterocycles. The Bertz CT molecular complexity index is 1470. The lowest BCUT2D eigenvalue weighted by Crippen LogP contribution is -2.37. The zero-order chi connectivity index (χ0) is 26.9. The molecule has 1 atom stereocenters. The summed E-state index contributed by atoms with van der Waals surface area (Å²) in [7, 11) is 3.46. The highest BCUT2D eigenvalue weighted by Gasteiger charge is 2.55. The van der Waals surface area contributed by atoms with Crippen LogP contribution in [0.2, 0.25) is 0 Å². The van der Waals surface area contributed by atoms with E-state index in [1.54, 1.807) is 60.5 Å². The van der Waals surface area contributed by atoms with Gasteiger partial charge in [-0.15, -0.1) is 0 Å². The second-order valence-corrected chi connectivity index (χ2v) is 9.92. The second kappa shape index (κ2) is 10.2. The van der Waals surface area contributed by atoms with Gasteiger partial charge in [0.1, 0.15) is 11.6 Å². The van der Waals surface area contributed by atoms with Crippen LogP contribution in [0.5, 0.6) is 0 Å². The predicted molar refractivity (Wildman–Crippen MR) is 141 cm³/mol. The van der Waals surface area contributed by atoms with Crippen LogP contribution in [0.3, 0.4) is 0 Å². The van der Waals surface area contributed by atoms with Gasteiger partial charge in [-0.2, -0.15) is 10.4 Å². The molecule has 0 unspecified atom stereocenters. The number of pyridine rings is 1. The van der Waals surface area contributed by atoms with Crippen molar-refractivity contribution in [2.45, 2.75) is 32.1 Å². The number of carbonyl (C=O) groups is 2. The molecule has 10 heteroatoms. The quantitative estimate of drug-likeness (QED) is 0.461. The van der Waals surface area contributed by atoms with Crippen LogP contribution in [0.15, 0.2) is 47.7 Å². The zero-order valence-electron chi connectivity index (χ0n) is 21.3. The maximum atomic E-state index is 14.3. The summed E-state index contributed by atoms with van der Waals surface area (Å²) in [6.45, 7) is 0.519. The Kier molecular flexibility index (Phi) is 6.76. The van der Waals surface area contributed by atoms with Gasteiger partial charge in [0, 0.05) is 50.4 Å². The molecular formula is C28H28FN7O2. The van der Waals surface area contributed by atoms with Gasteiger partial charge >= 0.3 is 0 Å².